The Balaban J connectivity index is 1.49. The fourth-order valence-electron chi connectivity index (χ4n) is 3.90. The van der Waals surface area contributed by atoms with Crippen LogP contribution in [0.1, 0.15) is 43.4 Å². The van der Waals surface area contributed by atoms with Crippen LogP contribution in [0, 0.1) is 5.92 Å². The molecule has 1 fully saturated rings. The maximum atomic E-state index is 6.09. The van der Waals surface area contributed by atoms with Crippen molar-refractivity contribution in [3.05, 3.63) is 60.4 Å². The van der Waals surface area contributed by atoms with Crippen LogP contribution in [-0.4, -0.2) is 27.7 Å². The lowest BCUT2D eigenvalue weighted by Crippen LogP contribution is -2.34. The number of hydrogen-bond acceptors (Lipinski definition) is 4. The van der Waals surface area contributed by atoms with E-state index in [9.17, 15) is 0 Å². The van der Waals surface area contributed by atoms with Crippen LogP contribution in [0.25, 0.3) is 10.8 Å². The Hall–Kier alpha value is -2.24. The minimum absolute atomic E-state index is 0.0592. The third kappa shape index (κ3) is 3.37. The number of nitrogens with zero attached hydrogens (tertiary/aromatic N) is 3. The van der Waals surface area contributed by atoms with Gasteiger partial charge in [0.2, 0.25) is 0 Å². The van der Waals surface area contributed by atoms with Gasteiger partial charge in [0.15, 0.2) is 0 Å². The molecule has 0 amide bonds. The molecule has 136 valence electrons. The molecule has 2 aromatic heterocycles. The molecule has 4 rings (SSSR count). The Morgan fingerprint density at radius 3 is 2.96 bits per heavy atom. The number of fused-ring (bicyclic) bond motifs is 1. The lowest BCUT2D eigenvalue weighted by atomic mass is 9.93. The van der Waals surface area contributed by atoms with Crippen LogP contribution in [0.3, 0.4) is 0 Å². The fourth-order valence-corrected chi connectivity index (χ4v) is 3.90. The monoisotopic (exact) mass is 350 g/mol. The van der Waals surface area contributed by atoms with Gasteiger partial charge in [0, 0.05) is 56.1 Å². The molecule has 0 saturated carbocycles. The topological polar surface area (TPSA) is 52.0 Å². The Kier molecular flexibility index (Phi) is 5.00. The number of imidazole rings is 1. The average Bonchev–Trinajstić information content (AvgIpc) is 3.11. The molecule has 3 atom stereocenters. The van der Waals surface area contributed by atoms with Gasteiger partial charge in [-0.25, -0.2) is 4.98 Å². The molecule has 0 aliphatic carbocycles. The number of nitrogens with one attached hydrogen (secondary N) is 1. The van der Waals surface area contributed by atoms with Gasteiger partial charge in [-0.05, 0) is 31.2 Å². The second-order valence-electron chi connectivity index (χ2n) is 7.14. The SMILES string of the molecule is CC(NC[C@@H]1CCCO[C@H]1c1nccn1C)c1nccc2ccccc12. The van der Waals surface area contributed by atoms with Crippen LogP contribution in [0.2, 0.25) is 0 Å². The van der Waals surface area contributed by atoms with E-state index in [4.69, 9.17) is 4.74 Å². The summed E-state index contributed by atoms with van der Waals surface area (Å²) in [6, 6.07) is 10.7. The minimum atomic E-state index is 0.0592. The molecule has 26 heavy (non-hydrogen) atoms. The van der Waals surface area contributed by atoms with E-state index in [0.717, 1.165) is 37.5 Å². The summed E-state index contributed by atoms with van der Waals surface area (Å²) in [7, 11) is 2.04. The Morgan fingerprint density at radius 2 is 2.12 bits per heavy atom. The van der Waals surface area contributed by atoms with Crippen molar-refractivity contribution in [1.82, 2.24) is 19.9 Å². The fraction of sp³-hybridized carbons (Fsp3) is 0.429. The molecule has 3 heterocycles. The van der Waals surface area contributed by atoms with Crippen molar-refractivity contribution >= 4 is 10.8 Å². The molecule has 1 saturated heterocycles. The van der Waals surface area contributed by atoms with Gasteiger partial charge in [-0.1, -0.05) is 24.3 Å². The molecular formula is C21H26N4O. The van der Waals surface area contributed by atoms with E-state index in [-0.39, 0.29) is 12.1 Å². The summed E-state index contributed by atoms with van der Waals surface area (Å²) in [5.41, 5.74) is 1.10. The minimum Gasteiger partial charge on any atom is -0.370 e. The molecule has 0 bridgehead atoms. The number of aryl methyl sites for hydroxylation is 1. The zero-order chi connectivity index (χ0) is 17.9. The molecule has 0 radical (unpaired) electrons. The molecule has 5 nitrogen and oxygen atoms in total. The Bertz CT molecular complexity index is 870. The summed E-state index contributed by atoms with van der Waals surface area (Å²) < 4.78 is 8.15. The average molecular weight is 350 g/mol. The predicted octanol–water partition coefficient (Wildman–Crippen LogP) is 3.79. The predicted molar refractivity (Wildman–Crippen MR) is 103 cm³/mol. The van der Waals surface area contributed by atoms with E-state index < -0.39 is 0 Å². The first-order valence-corrected chi connectivity index (χ1v) is 9.40. The first-order chi connectivity index (χ1) is 12.7. The highest BCUT2D eigenvalue weighted by Gasteiger charge is 2.30. The number of benzene rings is 1. The molecule has 0 spiro atoms. The van der Waals surface area contributed by atoms with Crippen LogP contribution in [0.4, 0.5) is 0 Å². The Labute approximate surface area is 154 Å². The molecule has 3 aromatic rings. The van der Waals surface area contributed by atoms with Gasteiger partial charge in [0.25, 0.3) is 0 Å². The highest BCUT2D eigenvalue weighted by atomic mass is 16.5. The molecule has 1 aromatic carbocycles. The van der Waals surface area contributed by atoms with Gasteiger partial charge in [-0.3, -0.25) is 4.98 Å². The van der Waals surface area contributed by atoms with E-state index in [0.29, 0.717) is 5.92 Å². The Morgan fingerprint density at radius 1 is 1.23 bits per heavy atom. The summed E-state index contributed by atoms with van der Waals surface area (Å²) in [5, 5.41) is 6.15. The molecule has 1 aliphatic heterocycles. The smallest absolute Gasteiger partial charge is 0.137 e. The van der Waals surface area contributed by atoms with E-state index in [1.54, 1.807) is 0 Å². The largest absolute Gasteiger partial charge is 0.370 e. The molecule has 1 aliphatic rings. The summed E-state index contributed by atoms with van der Waals surface area (Å²) in [4.78, 5) is 9.16. The van der Waals surface area contributed by atoms with Crippen LogP contribution in [0.5, 0.6) is 0 Å². The van der Waals surface area contributed by atoms with E-state index in [2.05, 4.69) is 57.1 Å². The first kappa shape index (κ1) is 17.2. The maximum absolute atomic E-state index is 6.09. The summed E-state index contributed by atoms with van der Waals surface area (Å²) in [6.45, 7) is 3.90. The van der Waals surface area contributed by atoms with Crippen LogP contribution < -0.4 is 5.32 Å². The van der Waals surface area contributed by atoms with E-state index in [1.807, 2.05) is 25.6 Å². The van der Waals surface area contributed by atoms with E-state index in [1.165, 1.54) is 10.8 Å². The molecule has 5 heteroatoms. The third-order valence-electron chi connectivity index (χ3n) is 5.36. The highest BCUT2D eigenvalue weighted by Crippen LogP contribution is 2.32. The normalized spacial score (nSPS) is 21.8. The van der Waals surface area contributed by atoms with Gasteiger partial charge in [-0.2, -0.15) is 0 Å². The second kappa shape index (κ2) is 7.56. The van der Waals surface area contributed by atoms with Gasteiger partial charge in [0.05, 0.1) is 5.69 Å². The number of pyridine rings is 1. The zero-order valence-corrected chi connectivity index (χ0v) is 15.4. The summed E-state index contributed by atoms with van der Waals surface area (Å²) in [5.74, 6) is 1.44. The molecule has 1 unspecified atom stereocenters. The van der Waals surface area contributed by atoms with Crippen molar-refractivity contribution in [1.29, 1.82) is 0 Å². The number of aromatic nitrogens is 3. The van der Waals surface area contributed by atoms with Crippen molar-refractivity contribution in [3.8, 4) is 0 Å². The second-order valence-corrected chi connectivity index (χ2v) is 7.14. The van der Waals surface area contributed by atoms with Crippen molar-refractivity contribution in [2.75, 3.05) is 13.2 Å². The quantitative estimate of drug-likeness (QED) is 0.761. The number of hydrogen-bond donors (Lipinski definition) is 1. The van der Waals surface area contributed by atoms with Gasteiger partial charge in [-0.15, -0.1) is 0 Å². The highest BCUT2D eigenvalue weighted by molar-refractivity contribution is 5.84. The van der Waals surface area contributed by atoms with Crippen molar-refractivity contribution < 1.29 is 4.74 Å². The first-order valence-electron chi connectivity index (χ1n) is 9.40. The standard InChI is InChI=1S/C21H26N4O/c1-15(19-18-8-4-3-6-16(18)9-10-22-19)24-14-17-7-5-13-26-20(17)21-23-11-12-25(21)2/h3-4,6,8-12,15,17,20,24H,5,7,13-14H2,1-2H3/t15?,17-,20+/m0/s1. The summed E-state index contributed by atoms with van der Waals surface area (Å²) in [6.07, 6.45) is 8.05. The third-order valence-corrected chi connectivity index (χ3v) is 5.36. The van der Waals surface area contributed by atoms with E-state index >= 15 is 0 Å². The molecular weight excluding hydrogens is 324 g/mol. The van der Waals surface area contributed by atoms with Crippen molar-refractivity contribution in [2.45, 2.75) is 31.9 Å². The zero-order valence-electron chi connectivity index (χ0n) is 15.4. The maximum Gasteiger partial charge on any atom is 0.137 e. The van der Waals surface area contributed by atoms with Crippen LogP contribution in [-0.2, 0) is 11.8 Å². The van der Waals surface area contributed by atoms with Crippen molar-refractivity contribution in [2.24, 2.45) is 13.0 Å². The van der Waals surface area contributed by atoms with Crippen LogP contribution >= 0.6 is 0 Å². The van der Waals surface area contributed by atoms with Crippen molar-refractivity contribution in [3.63, 3.8) is 0 Å². The lowest BCUT2D eigenvalue weighted by molar-refractivity contribution is -0.0349. The lowest BCUT2D eigenvalue weighted by Gasteiger charge is -2.32. The number of ether oxygens (including phenoxy) is 1. The number of rotatable bonds is 5. The van der Waals surface area contributed by atoms with Gasteiger partial charge in [0.1, 0.15) is 11.9 Å². The summed E-state index contributed by atoms with van der Waals surface area (Å²) >= 11 is 0. The van der Waals surface area contributed by atoms with Gasteiger partial charge >= 0.3 is 0 Å². The molecule has 1 N–H and O–H groups in total. The van der Waals surface area contributed by atoms with Gasteiger partial charge < -0.3 is 14.6 Å². The van der Waals surface area contributed by atoms with Crippen LogP contribution in [0.15, 0.2) is 48.9 Å².